The Balaban J connectivity index is 2.49. The van der Waals surface area contributed by atoms with Gasteiger partial charge in [0, 0.05) is 5.69 Å². The predicted octanol–water partition coefficient (Wildman–Crippen LogP) is 2.86. The van der Waals surface area contributed by atoms with Crippen LogP contribution >= 0.6 is 0 Å². The lowest BCUT2D eigenvalue weighted by molar-refractivity contribution is 0.635. The second-order valence-electron chi connectivity index (χ2n) is 4.15. The number of rotatable bonds is 2. The third-order valence-corrected chi connectivity index (χ3v) is 3.06. The fourth-order valence-corrected chi connectivity index (χ4v) is 2.16. The van der Waals surface area contributed by atoms with Gasteiger partial charge in [0.1, 0.15) is 11.9 Å². The van der Waals surface area contributed by atoms with Gasteiger partial charge in [-0.2, -0.15) is 5.26 Å². The predicted molar refractivity (Wildman–Crippen MR) is 68.6 cm³/mol. The fraction of sp³-hybridized carbons (Fsp3) is 0.214. The molecule has 2 rings (SSSR count). The van der Waals surface area contributed by atoms with Gasteiger partial charge in [0.05, 0.1) is 11.6 Å². The maximum atomic E-state index is 8.97. The summed E-state index contributed by atoms with van der Waals surface area (Å²) in [5.41, 5.74) is 8.73. The van der Waals surface area contributed by atoms with Crippen molar-refractivity contribution in [1.82, 2.24) is 4.57 Å². The number of benzene rings is 1. The Bertz CT molecular complexity index is 561. The number of aryl methyl sites for hydroxylation is 1. The third kappa shape index (κ3) is 1.90. The molecular formula is C14H15N3. The van der Waals surface area contributed by atoms with Crippen LogP contribution in [0.5, 0.6) is 0 Å². The second-order valence-corrected chi connectivity index (χ2v) is 4.15. The van der Waals surface area contributed by atoms with Gasteiger partial charge in [-0.25, -0.2) is 0 Å². The summed E-state index contributed by atoms with van der Waals surface area (Å²) in [6, 6.07) is 14.2. The van der Waals surface area contributed by atoms with Crippen molar-refractivity contribution in [2.45, 2.75) is 19.9 Å². The first-order chi connectivity index (χ1) is 8.15. The standard InChI is InChI=1S/C14H15N3/c1-10-8-13(9-15)14(16)17(10)11(2)12-6-4-3-5-7-12/h3-8,11H,16H2,1-2H3. The Hall–Kier alpha value is -2.21. The van der Waals surface area contributed by atoms with Crippen LogP contribution in [0.1, 0.15) is 29.8 Å². The monoisotopic (exact) mass is 225 g/mol. The number of nitriles is 1. The highest BCUT2D eigenvalue weighted by Gasteiger charge is 2.15. The van der Waals surface area contributed by atoms with E-state index in [0.29, 0.717) is 11.4 Å². The summed E-state index contributed by atoms with van der Waals surface area (Å²) in [7, 11) is 0. The van der Waals surface area contributed by atoms with Crippen molar-refractivity contribution in [3.63, 3.8) is 0 Å². The lowest BCUT2D eigenvalue weighted by Crippen LogP contribution is -2.11. The summed E-state index contributed by atoms with van der Waals surface area (Å²) in [5, 5.41) is 8.97. The van der Waals surface area contributed by atoms with Gasteiger partial charge in [-0.15, -0.1) is 0 Å². The first kappa shape index (κ1) is 11.3. The van der Waals surface area contributed by atoms with Crippen LogP contribution in [0.3, 0.4) is 0 Å². The largest absolute Gasteiger partial charge is 0.384 e. The Kier molecular flexibility index (Phi) is 2.88. The molecule has 1 aromatic heterocycles. The van der Waals surface area contributed by atoms with Crippen LogP contribution in [0.2, 0.25) is 0 Å². The second kappa shape index (κ2) is 4.34. The number of nitrogen functional groups attached to an aromatic ring is 1. The maximum absolute atomic E-state index is 8.97. The van der Waals surface area contributed by atoms with E-state index in [1.165, 1.54) is 5.56 Å². The molecule has 0 spiro atoms. The molecule has 1 heterocycles. The summed E-state index contributed by atoms with van der Waals surface area (Å²) in [6.07, 6.45) is 0. The number of anilines is 1. The SMILES string of the molecule is Cc1cc(C#N)c(N)n1C(C)c1ccccc1. The molecule has 2 N–H and O–H groups in total. The van der Waals surface area contributed by atoms with E-state index in [4.69, 9.17) is 11.0 Å². The van der Waals surface area contributed by atoms with E-state index < -0.39 is 0 Å². The molecule has 3 nitrogen and oxygen atoms in total. The first-order valence-corrected chi connectivity index (χ1v) is 5.57. The van der Waals surface area contributed by atoms with Gasteiger partial charge in [0.15, 0.2) is 0 Å². The zero-order valence-electron chi connectivity index (χ0n) is 10.0. The number of nitrogens with zero attached hydrogens (tertiary/aromatic N) is 2. The first-order valence-electron chi connectivity index (χ1n) is 5.57. The molecule has 0 saturated heterocycles. The molecule has 2 aromatic rings. The van der Waals surface area contributed by atoms with Gasteiger partial charge in [0.25, 0.3) is 0 Å². The molecule has 0 radical (unpaired) electrons. The third-order valence-electron chi connectivity index (χ3n) is 3.06. The molecule has 17 heavy (non-hydrogen) atoms. The maximum Gasteiger partial charge on any atom is 0.122 e. The van der Waals surface area contributed by atoms with Gasteiger partial charge in [-0.3, -0.25) is 0 Å². The molecule has 0 aliphatic carbocycles. The molecule has 0 fully saturated rings. The summed E-state index contributed by atoms with van der Waals surface area (Å²) >= 11 is 0. The highest BCUT2D eigenvalue weighted by atomic mass is 15.1. The van der Waals surface area contributed by atoms with Crippen LogP contribution in [-0.4, -0.2) is 4.57 Å². The molecule has 0 aliphatic rings. The van der Waals surface area contributed by atoms with E-state index in [1.54, 1.807) is 0 Å². The highest BCUT2D eigenvalue weighted by molar-refractivity contribution is 5.53. The van der Waals surface area contributed by atoms with E-state index in [9.17, 15) is 0 Å². The number of aromatic nitrogens is 1. The molecular weight excluding hydrogens is 210 g/mol. The van der Waals surface area contributed by atoms with Crippen LogP contribution < -0.4 is 5.73 Å². The normalized spacial score (nSPS) is 12.1. The molecule has 0 aliphatic heterocycles. The van der Waals surface area contributed by atoms with Crippen molar-refractivity contribution in [3.8, 4) is 6.07 Å². The number of nitrogens with two attached hydrogens (primary N) is 1. The Morgan fingerprint density at radius 2 is 1.94 bits per heavy atom. The molecule has 1 aromatic carbocycles. The minimum Gasteiger partial charge on any atom is -0.384 e. The van der Waals surface area contributed by atoms with Crippen molar-refractivity contribution in [1.29, 1.82) is 5.26 Å². The molecule has 0 bridgehead atoms. The van der Waals surface area contributed by atoms with Crippen molar-refractivity contribution >= 4 is 5.82 Å². The Labute approximate surface area is 101 Å². The zero-order valence-corrected chi connectivity index (χ0v) is 10.0. The van der Waals surface area contributed by atoms with E-state index in [2.05, 4.69) is 25.1 Å². The van der Waals surface area contributed by atoms with Crippen molar-refractivity contribution < 1.29 is 0 Å². The lowest BCUT2D eigenvalue weighted by Gasteiger charge is -2.18. The van der Waals surface area contributed by atoms with Crippen molar-refractivity contribution in [2.24, 2.45) is 0 Å². The van der Waals surface area contributed by atoms with Gasteiger partial charge in [-0.05, 0) is 25.5 Å². The Morgan fingerprint density at radius 3 is 2.47 bits per heavy atom. The average molecular weight is 225 g/mol. The number of hydrogen-bond acceptors (Lipinski definition) is 2. The van der Waals surface area contributed by atoms with Crippen LogP contribution in [0, 0.1) is 18.3 Å². The highest BCUT2D eigenvalue weighted by Crippen LogP contribution is 2.26. The fourth-order valence-electron chi connectivity index (χ4n) is 2.16. The average Bonchev–Trinajstić information content (AvgIpc) is 2.64. The Morgan fingerprint density at radius 1 is 1.29 bits per heavy atom. The van der Waals surface area contributed by atoms with Gasteiger partial charge in [0.2, 0.25) is 0 Å². The van der Waals surface area contributed by atoms with Crippen LogP contribution in [0.25, 0.3) is 0 Å². The summed E-state index contributed by atoms with van der Waals surface area (Å²) in [4.78, 5) is 0. The molecule has 1 atom stereocenters. The molecule has 0 saturated carbocycles. The van der Waals surface area contributed by atoms with Crippen LogP contribution in [0.15, 0.2) is 36.4 Å². The van der Waals surface area contributed by atoms with Crippen molar-refractivity contribution in [2.75, 3.05) is 5.73 Å². The quantitative estimate of drug-likeness (QED) is 0.854. The van der Waals surface area contributed by atoms with E-state index in [1.807, 2.05) is 35.8 Å². The minimum absolute atomic E-state index is 0.137. The van der Waals surface area contributed by atoms with Gasteiger partial charge < -0.3 is 10.3 Å². The summed E-state index contributed by atoms with van der Waals surface area (Å²) in [6.45, 7) is 4.05. The summed E-state index contributed by atoms with van der Waals surface area (Å²) in [5.74, 6) is 0.543. The van der Waals surface area contributed by atoms with Crippen LogP contribution in [-0.2, 0) is 0 Å². The summed E-state index contributed by atoms with van der Waals surface area (Å²) < 4.78 is 1.99. The van der Waals surface area contributed by atoms with Gasteiger partial charge >= 0.3 is 0 Å². The molecule has 0 amide bonds. The smallest absolute Gasteiger partial charge is 0.122 e. The molecule has 3 heteroatoms. The topological polar surface area (TPSA) is 54.7 Å². The van der Waals surface area contributed by atoms with E-state index in [-0.39, 0.29) is 6.04 Å². The van der Waals surface area contributed by atoms with E-state index in [0.717, 1.165) is 5.69 Å². The van der Waals surface area contributed by atoms with E-state index >= 15 is 0 Å². The molecule has 1 unspecified atom stereocenters. The van der Waals surface area contributed by atoms with Gasteiger partial charge in [-0.1, -0.05) is 30.3 Å². The zero-order chi connectivity index (χ0) is 12.4. The number of hydrogen-bond donors (Lipinski definition) is 1. The molecule has 86 valence electrons. The minimum atomic E-state index is 0.137. The lowest BCUT2D eigenvalue weighted by atomic mass is 10.1. The van der Waals surface area contributed by atoms with Crippen LogP contribution in [0.4, 0.5) is 5.82 Å². The van der Waals surface area contributed by atoms with Crippen molar-refractivity contribution in [3.05, 3.63) is 53.2 Å².